The highest BCUT2D eigenvalue weighted by atomic mass is 32.2. The summed E-state index contributed by atoms with van der Waals surface area (Å²) in [5, 5.41) is 9.34. The van der Waals surface area contributed by atoms with Gasteiger partial charge in [0.1, 0.15) is 9.84 Å². The number of carboxylic acids is 1. The minimum Gasteiger partial charge on any atom is -0.481 e. The fourth-order valence-electron chi connectivity index (χ4n) is 2.45. The number of aryl methyl sites for hydroxylation is 1. The van der Waals surface area contributed by atoms with Crippen LogP contribution in [0.15, 0.2) is 24.3 Å². The third-order valence-corrected chi connectivity index (χ3v) is 4.83. The third-order valence-electron chi connectivity index (χ3n) is 3.88. The van der Waals surface area contributed by atoms with E-state index in [-0.39, 0.29) is 5.75 Å². The average Bonchev–Trinajstić information content (AvgIpc) is 2.25. The van der Waals surface area contributed by atoms with Crippen molar-refractivity contribution in [2.45, 2.75) is 31.1 Å². The van der Waals surface area contributed by atoms with E-state index in [1.807, 2.05) is 24.3 Å². The first-order valence-corrected chi connectivity index (χ1v) is 8.40. The highest BCUT2D eigenvalue weighted by Gasteiger charge is 2.45. The smallest absolute Gasteiger partial charge is 0.314 e. The molecule has 104 valence electrons. The molecule has 0 spiro atoms. The van der Waals surface area contributed by atoms with Crippen LogP contribution in [0.5, 0.6) is 0 Å². The maximum absolute atomic E-state index is 11.4. The second-order valence-corrected chi connectivity index (χ2v) is 7.58. The van der Waals surface area contributed by atoms with Gasteiger partial charge in [-0.1, -0.05) is 30.7 Å². The van der Waals surface area contributed by atoms with Gasteiger partial charge in [0.2, 0.25) is 0 Å². The topological polar surface area (TPSA) is 71.4 Å². The SMILES string of the molecule is CS(=O)(=O)CCc1ccc(C2(C(=O)O)CCC2)cc1. The molecule has 0 radical (unpaired) electrons. The molecule has 1 fully saturated rings. The van der Waals surface area contributed by atoms with Crippen molar-refractivity contribution in [3.63, 3.8) is 0 Å². The molecular formula is C14H18O4S. The van der Waals surface area contributed by atoms with Gasteiger partial charge in [-0.05, 0) is 30.4 Å². The lowest BCUT2D eigenvalue weighted by atomic mass is 9.64. The summed E-state index contributed by atoms with van der Waals surface area (Å²) in [7, 11) is -2.96. The molecule has 0 heterocycles. The van der Waals surface area contributed by atoms with E-state index >= 15 is 0 Å². The fraction of sp³-hybridized carbons (Fsp3) is 0.500. The predicted octanol–water partition coefficient (Wildman–Crippen LogP) is 1.78. The first-order valence-electron chi connectivity index (χ1n) is 6.34. The average molecular weight is 282 g/mol. The zero-order chi connectivity index (χ0) is 14.1. The van der Waals surface area contributed by atoms with Crippen LogP contribution in [-0.4, -0.2) is 31.5 Å². The molecule has 19 heavy (non-hydrogen) atoms. The molecule has 1 saturated carbocycles. The van der Waals surface area contributed by atoms with Crippen LogP contribution in [0.4, 0.5) is 0 Å². The number of benzene rings is 1. The van der Waals surface area contributed by atoms with E-state index in [0.29, 0.717) is 19.3 Å². The molecule has 0 saturated heterocycles. The summed E-state index contributed by atoms with van der Waals surface area (Å²) in [4.78, 5) is 11.4. The lowest BCUT2D eigenvalue weighted by Gasteiger charge is -2.38. The Morgan fingerprint density at radius 3 is 2.21 bits per heavy atom. The Kier molecular flexibility index (Phi) is 3.67. The van der Waals surface area contributed by atoms with E-state index in [1.165, 1.54) is 6.26 Å². The number of carboxylic acid groups (broad SMARTS) is 1. The summed E-state index contributed by atoms with van der Waals surface area (Å²) >= 11 is 0. The number of aliphatic carboxylic acids is 1. The van der Waals surface area contributed by atoms with Crippen molar-refractivity contribution in [2.24, 2.45) is 0 Å². The van der Waals surface area contributed by atoms with Crippen molar-refractivity contribution in [3.8, 4) is 0 Å². The zero-order valence-corrected chi connectivity index (χ0v) is 11.7. The lowest BCUT2D eigenvalue weighted by Crippen LogP contribution is -2.42. The molecule has 1 aliphatic rings. The van der Waals surface area contributed by atoms with Gasteiger partial charge in [-0.3, -0.25) is 4.79 Å². The molecule has 1 aromatic carbocycles. The van der Waals surface area contributed by atoms with Crippen LogP contribution in [0.3, 0.4) is 0 Å². The van der Waals surface area contributed by atoms with E-state index in [2.05, 4.69) is 0 Å². The summed E-state index contributed by atoms with van der Waals surface area (Å²) in [6.07, 6.45) is 4.01. The number of hydrogen-bond donors (Lipinski definition) is 1. The molecule has 5 heteroatoms. The maximum atomic E-state index is 11.4. The van der Waals surface area contributed by atoms with Crippen LogP contribution in [0.2, 0.25) is 0 Å². The van der Waals surface area contributed by atoms with Crippen molar-refractivity contribution < 1.29 is 18.3 Å². The van der Waals surface area contributed by atoms with Crippen LogP contribution in [0.1, 0.15) is 30.4 Å². The van der Waals surface area contributed by atoms with Crippen molar-refractivity contribution in [1.29, 1.82) is 0 Å². The Morgan fingerprint density at radius 2 is 1.84 bits per heavy atom. The summed E-state index contributed by atoms with van der Waals surface area (Å²) in [5.41, 5.74) is 1.04. The minimum absolute atomic E-state index is 0.121. The highest BCUT2D eigenvalue weighted by Crippen LogP contribution is 2.43. The Morgan fingerprint density at radius 1 is 1.26 bits per heavy atom. The monoisotopic (exact) mass is 282 g/mol. The van der Waals surface area contributed by atoms with Gasteiger partial charge in [-0.25, -0.2) is 8.42 Å². The van der Waals surface area contributed by atoms with E-state index in [4.69, 9.17) is 0 Å². The van der Waals surface area contributed by atoms with Gasteiger partial charge >= 0.3 is 5.97 Å². The third kappa shape index (κ3) is 2.97. The lowest BCUT2D eigenvalue weighted by molar-refractivity contribution is -0.147. The molecule has 0 aromatic heterocycles. The normalized spacial score (nSPS) is 17.7. The molecule has 1 N–H and O–H groups in total. The summed E-state index contributed by atoms with van der Waals surface area (Å²) < 4.78 is 22.2. The Balaban J connectivity index is 2.12. The fourth-order valence-corrected chi connectivity index (χ4v) is 3.06. The van der Waals surface area contributed by atoms with Crippen LogP contribution in [-0.2, 0) is 26.5 Å². The first kappa shape index (κ1) is 14.1. The molecule has 0 amide bonds. The van der Waals surface area contributed by atoms with Crippen molar-refractivity contribution in [1.82, 2.24) is 0 Å². The van der Waals surface area contributed by atoms with Gasteiger partial charge in [0.15, 0.2) is 0 Å². The van der Waals surface area contributed by atoms with Crippen LogP contribution >= 0.6 is 0 Å². The van der Waals surface area contributed by atoms with Gasteiger partial charge in [-0.2, -0.15) is 0 Å². The molecule has 0 aliphatic heterocycles. The quantitative estimate of drug-likeness (QED) is 0.893. The second-order valence-electron chi connectivity index (χ2n) is 5.32. The molecule has 0 unspecified atom stereocenters. The zero-order valence-electron chi connectivity index (χ0n) is 10.9. The van der Waals surface area contributed by atoms with Crippen LogP contribution in [0, 0.1) is 0 Å². The van der Waals surface area contributed by atoms with Gasteiger partial charge in [-0.15, -0.1) is 0 Å². The Labute approximate surface area is 113 Å². The van der Waals surface area contributed by atoms with Gasteiger partial charge in [0, 0.05) is 6.26 Å². The van der Waals surface area contributed by atoms with Gasteiger partial charge in [0.25, 0.3) is 0 Å². The molecular weight excluding hydrogens is 264 g/mol. The largest absolute Gasteiger partial charge is 0.481 e. The number of carbonyl (C=O) groups is 1. The van der Waals surface area contributed by atoms with Gasteiger partial charge in [0.05, 0.1) is 11.2 Å². The van der Waals surface area contributed by atoms with E-state index in [9.17, 15) is 18.3 Å². The maximum Gasteiger partial charge on any atom is 0.314 e. The predicted molar refractivity (Wildman–Crippen MR) is 73.0 cm³/mol. The van der Waals surface area contributed by atoms with E-state index < -0.39 is 21.2 Å². The number of sulfone groups is 1. The molecule has 0 atom stereocenters. The first-order chi connectivity index (χ1) is 8.83. The number of rotatable bonds is 5. The molecule has 2 rings (SSSR count). The molecule has 1 aromatic rings. The molecule has 1 aliphatic carbocycles. The van der Waals surface area contributed by atoms with E-state index in [1.54, 1.807) is 0 Å². The Bertz CT molecular complexity index is 568. The minimum atomic E-state index is -2.96. The summed E-state index contributed by atoms with van der Waals surface area (Å²) in [6, 6.07) is 7.32. The van der Waals surface area contributed by atoms with E-state index in [0.717, 1.165) is 17.5 Å². The highest BCUT2D eigenvalue weighted by molar-refractivity contribution is 7.90. The second kappa shape index (κ2) is 4.96. The number of hydrogen-bond acceptors (Lipinski definition) is 3. The standard InChI is InChI=1S/C14H18O4S/c1-19(17,18)10-7-11-3-5-12(6-4-11)14(13(15)16)8-2-9-14/h3-6H,2,7-10H2,1H3,(H,15,16). The van der Waals surface area contributed by atoms with Crippen LogP contribution < -0.4 is 0 Å². The van der Waals surface area contributed by atoms with Crippen LogP contribution in [0.25, 0.3) is 0 Å². The summed E-state index contributed by atoms with van der Waals surface area (Å²) in [6.45, 7) is 0. The summed E-state index contributed by atoms with van der Waals surface area (Å²) in [5.74, 6) is -0.640. The van der Waals surface area contributed by atoms with Gasteiger partial charge < -0.3 is 5.11 Å². The molecule has 4 nitrogen and oxygen atoms in total. The Hall–Kier alpha value is -1.36. The van der Waals surface area contributed by atoms with Crippen molar-refractivity contribution in [2.75, 3.05) is 12.0 Å². The van der Waals surface area contributed by atoms with Crippen molar-refractivity contribution >= 4 is 15.8 Å². The van der Waals surface area contributed by atoms with Crippen molar-refractivity contribution in [3.05, 3.63) is 35.4 Å². The molecule has 0 bridgehead atoms.